The molecule has 0 unspecified atom stereocenters. The minimum atomic E-state index is 0.905. The highest BCUT2D eigenvalue weighted by Gasteiger charge is 2.11. The standard InChI is InChI=1S/C25H19Br/c26-25-17-9-8-16-24(25)23-15-7-5-13-21(23)18-20-12-4-6-14-22(20)19-10-2-1-3-11-19/h1-17H,18H2. The summed E-state index contributed by atoms with van der Waals surface area (Å²) in [5.41, 5.74) is 7.76. The van der Waals surface area contributed by atoms with E-state index in [1.807, 2.05) is 0 Å². The summed E-state index contributed by atoms with van der Waals surface area (Å²) in [5, 5.41) is 0. The quantitative estimate of drug-likeness (QED) is 0.336. The van der Waals surface area contributed by atoms with E-state index in [4.69, 9.17) is 0 Å². The summed E-state index contributed by atoms with van der Waals surface area (Å²) >= 11 is 3.70. The first-order chi connectivity index (χ1) is 12.8. The van der Waals surface area contributed by atoms with Crippen LogP contribution in [0.5, 0.6) is 0 Å². The second-order valence-corrected chi connectivity index (χ2v) is 7.19. The fourth-order valence-corrected chi connectivity index (χ4v) is 3.89. The molecule has 0 aliphatic rings. The minimum absolute atomic E-state index is 0.905. The van der Waals surface area contributed by atoms with Crippen LogP contribution in [0.25, 0.3) is 22.3 Å². The Morgan fingerprint density at radius 3 is 1.65 bits per heavy atom. The van der Waals surface area contributed by atoms with Crippen LogP contribution in [0.4, 0.5) is 0 Å². The number of halogens is 1. The van der Waals surface area contributed by atoms with Gasteiger partial charge in [-0.3, -0.25) is 0 Å². The van der Waals surface area contributed by atoms with Crippen LogP contribution in [0.15, 0.2) is 108 Å². The van der Waals surface area contributed by atoms with Gasteiger partial charge in [0.1, 0.15) is 0 Å². The Kier molecular flexibility index (Phi) is 4.99. The lowest BCUT2D eigenvalue weighted by molar-refractivity contribution is 1.20. The lowest BCUT2D eigenvalue weighted by Gasteiger charge is -2.14. The molecule has 0 amide bonds. The van der Waals surface area contributed by atoms with Gasteiger partial charge in [-0.1, -0.05) is 113 Å². The summed E-state index contributed by atoms with van der Waals surface area (Å²) in [5.74, 6) is 0. The molecule has 1 heteroatoms. The van der Waals surface area contributed by atoms with Crippen molar-refractivity contribution in [3.05, 3.63) is 119 Å². The lowest BCUT2D eigenvalue weighted by Crippen LogP contribution is -1.95. The maximum atomic E-state index is 3.70. The molecule has 0 bridgehead atoms. The van der Waals surface area contributed by atoms with E-state index < -0.39 is 0 Å². The third kappa shape index (κ3) is 3.49. The van der Waals surface area contributed by atoms with Gasteiger partial charge in [-0.15, -0.1) is 0 Å². The van der Waals surface area contributed by atoms with Crippen molar-refractivity contribution in [1.29, 1.82) is 0 Å². The summed E-state index contributed by atoms with van der Waals surface area (Å²) < 4.78 is 1.13. The highest BCUT2D eigenvalue weighted by atomic mass is 79.9. The van der Waals surface area contributed by atoms with Crippen LogP contribution in [-0.2, 0) is 6.42 Å². The first kappa shape index (κ1) is 16.8. The fourth-order valence-electron chi connectivity index (χ4n) is 3.40. The molecule has 0 aliphatic carbocycles. The maximum Gasteiger partial charge on any atom is 0.0253 e. The molecule has 0 spiro atoms. The zero-order valence-corrected chi connectivity index (χ0v) is 16.0. The van der Waals surface area contributed by atoms with Gasteiger partial charge in [0.05, 0.1) is 0 Å². The molecule has 0 aliphatic heterocycles. The van der Waals surface area contributed by atoms with E-state index >= 15 is 0 Å². The van der Waals surface area contributed by atoms with Gasteiger partial charge in [0.2, 0.25) is 0 Å². The van der Waals surface area contributed by atoms with Gasteiger partial charge in [0.15, 0.2) is 0 Å². The number of benzene rings is 4. The Morgan fingerprint density at radius 1 is 0.462 bits per heavy atom. The Labute approximate surface area is 163 Å². The molecule has 4 aromatic rings. The van der Waals surface area contributed by atoms with Crippen molar-refractivity contribution in [1.82, 2.24) is 0 Å². The van der Waals surface area contributed by atoms with Gasteiger partial charge in [-0.25, -0.2) is 0 Å². The summed E-state index contributed by atoms with van der Waals surface area (Å²) in [4.78, 5) is 0. The zero-order chi connectivity index (χ0) is 17.8. The predicted octanol–water partition coefficient (Wildman–Crippen LogP) is 7.37. The van der Waals surface area contributed by atoms with E-state index in [2.05, 4.69) is 119 Å². The maximum absolute atomic E-state index is 3.70. The molecular formula is C25H19Br. The summed E-state index contributed by atoms with van der Waals surface area (Å²) in [7, 11) is 0. The smallest absolute Gasteiger partial charge is 0.0253 e. The topological polar surface area (TPSA) is 0 Å². The SMILES string of the molecule is Brc1ccccc1-c1ccccc1Cc1ccccc1-c1ccccc1. The van der Waals surface area contributed by atoms with Crippen LogP contribution in [0, 0.1) is 0 Å². The van der Waals surface area contributed by atoms with Gasteiger partial charge >= 0.3 is 0 Å². The molecule has 0 aromatic heterocycles. The van der Waals surface area contributed by atoms with Gasteiger partial charge in [0, 0.05) is 4.47 Å². The molecule has 4 rings (SSSR count). The first-order valence-electron chi connectivity index (χ1n) is 8.79. The summed E-state index contributed by atoms with van der Waals surface area (Å²) in [6.45, 7) is 0. The van der Waals surface area contributed by atoms with Crippen LogP contribution in [0.2, 0.25) is 0 Å². The van der Waals surface area contributed by atoms with Gasteiger partial charge in [-0.2, -0.15) is 0 Å². The Balaban J connectivity index is 1.78. The molecular weight excluding hydrogens is 380 g/mol. The predicted molar refractivity (Wildman–Crippen MR) is 114 cm³/mol. The van der Waals surface area contributed by atoms with Gasteiger partial charge in [0.25, 0.3) is 0 Å². The fraction of sp³-hybridized carbons (Fsp3) is 0.0400. The lowest BCUT2D eigenvalue weighted by atomic mass is 9.91. The van der Waals surface area contributed by atoms with E-state index in [0.29, 0.717) is 0 Å². The van der Waals surface area contributed by atoms with Crippen molar-refractivity contribution in [3.63, 3.8) is 0 Å². The molecule has 26 heavy (non-hydrogen) atoms. The minimum Gasteiger partial charge on any atom is -0.0622 e. The molecule has 0 heterocycles. The third-order valence-corrected chi connectivity index (χ3v) is 5.36. The summed E-state index contributed by atoms with van der Waals surface area (Å²) in [6.07, 6.45) is 0.905. The van der Waals surface area contributed by atoms with Gasteiger partial charge in [-0.05, 0) is 45.9 Å². The molecule has 0 fully saturated rings. The Bertz CT molecular complexity index is 1020. The molecule has 126 valence electrons. The molecule has 0 radical (unpaired) electrons. The average Bonchev–Trinajstić information content (AvgIpc) is 2.70. The van der Waals surface area contributed by atoms with Crippen molar-refractivity contribution in [2.45, 2.75) is 6.42 Å². The van der Waals surface area contributed by atoms with Crippen molar-refractivity contribution in [2.75, 3.05) is 0 Å². The zero-order valence-electron chi connectivity index (χ0n) is 14.4. The van der Waals surface area contributed by atoms with Crippen molar-refractivity contribution in [3.8, 4) is 22.3 Å². The van der Waals surface area contributed by atoms with E-state index in [1.165, 1.54) is 33.4 Å². The highest BCUT2D eigenvalue weighted by molar-refractivity contribution is 9.10. The van der Waals surface area contributed by atoms with Crippen LogP contribution in [-0.4, -0.2) is 0 Å². The third-order valence-electron chi connectivity index (χ3n) is 4.66. The first-order valence-corrected chi connectivity index (χ1v) is 9.58. The molecule has 4 aromatic carbocycles. The molecule has 0 saturated heterocycles. The van der Waals surface area contributed by atoms with E-state index in [0.717, 1.165) is 10.9 Å². The number of hydrogen-bond acceptors (Lipinski definition) is 0. The van der Waals surface area contributed by atoms with Crippen LogP contribution in [0.3, 0.4) is 0 Å². The molecule has 0 nitrogen and oxygen atoms in total. The second-order valence-electron chi connectivity index (χ2n) is 6.34. The average molecular weight is 399 g/mol. The molecule has 0 atom stereocenters. The van der Waals surface area contributed by atoms with Crippen LogP contribution < -0.4 is 0 Å². The monoisotopic (exact) mass is 398 g/mol. The highest BCUT2D eigenvalue weighted by Crippen LogP contribution is 2.33. The van der Waals surface area contributed by atoms with E-state index in [-0.39, 0.29) is 0 Å². The largest absolute Gasteiger partial charge is 0.0622 e. The van der Waals surface area contributed by atoms with Crippen LogP contribution >= 0.6 is 15.9 Å². The van der Waals surface area contributed by atoms with Crippen LogP contribution in [0.1, 0.15) is 11.1 Å². The van der Waals surface area contributed by atoms with Crippen molar-refractivity contribution >= 4 is 15.9 Å². The number of hydrogen-bond donors (Lipinski definition) is 0. The van der Waals surface area contributed by atoms with E-state index in [9.17, 15) is 0 Å². The second kappa shape index (κ2) is 7.72. The summed E-state index contributed by atoms with van der Waals surface area (Å²) in [6, 6.07) is 36.4. The normalized spacial score (nSPS) is 10.7. The number of rotatable bonds is 4. The van der Waals surface area contributed by atoms with Crippen molar-refractivity contribution in [2.24, 2.45) is 0 Å². The Hall–Kier alpha value is -2.64. The van der Waals surface area contributed by atoms with Gasteiger partial charge < -0.3 is 0 Å². The van der Waals surface area contributed by atoms with E-state index in [1.54, 1.807) is 0 Å². The van der Waals surface area contributed by atoms with Crippen molar-refractivity contribution < 1.29 is 0 Å². The molecule has 0 N–H and O–H groups in total. The molecule has 0 saturated carbocycles. The Morgan fingerprint density at radius 2 is 0.962 bits per heavy atom.